The molecular formula is C24H29N3O3S. The minimum Gasteiger partial charge on any atom is -0.494 e. The maximum atomic E-state index is 11.4. The molecule has 31 heavy (non-hydrogen) atoms. The molecule has 0 amide bonds. The fraction of sp³-hybridized carbons (Fsp3) is 0.292. The molecule has 0 unspecified atom stereocenters. The number of hydrogen-bond donors (Lipinski definition) is 2. The number of nitrogens with zero attached hydrogens (tertiary/aromatic N) is 1. The van der Waals surface area contributed by atoms with Gasteiger partial charge in [0.1, 0.15) is 5.75 Å². The van der Waals surface area contributed by atoms with E-state index in [4.69, 9.17) is 4.74 Å². The van der Waals surface area contributed by atoms with E-state index >= 15 is 0 Å². The van der Waals surface area contributed by atoms with Crippen molar-refractivity contribution < 1.29 is 13.2 Å². The molecule has 0 spiro atoms. The zero-order valence-electron chi connectivity index (χ0n) is 18.0. The topological polar surface area (TPSA) is 79.8 Å². The largest absolute Gasteiger partial charge is 0.494 e. The van der Waals surface area contributed by atoms with Crippen molar-refractivity contribution in [1.82, 2.24) is 10.6 Å². The third-order valence-electron chi connectivity index (χ3n) is 4.74. The van der Waals surface area contributed by atoms with Gasteiger partial charge in [-0.2, -0.15) is 0 Å². The molecule has 0 aliphatic rings. The highest BCUT2D eigenvalue weighted by Gasteiger charge is 2.05. The summed E-state index contributed by atoms with van der Waals surface area (Å²) >= 11 is 0. The van der Waals surface area contributed by atoms with Crippen LogP contribution in [0.4, 0.5) is 0 Å². The van der Waals surface area contributed by atoms with Crippen molar-refractivity contribution in [2.45, 2.75) is 18.7 Å². The summed E-state index contributed by atoms with van der Waals surface area (Å²) in [5, 5.41) is 8.92. The zero-order chi connectivity index (χ0) is 22.1. The fourth-order valence-electron chi connectivity index (χ4n) is 3.19. The van der Waals surface area contributed by atoms with Gasteiger partial charge in [0.2, 0.25) is 0 Å². The maximum absolute atomic E-state index is 11.4. The first kappa shape index (κ1) is 22.6. The average Bonchev–Trinajstić information content (AvgIpc) is 2.75. The molecule has 0 aromatic heterocycles. The van der Waals surface area contributed by atoms with Gasteiger partial charge in [0.15, 0.2) is 15.8 Å². The summed E-state index contributed by atoms with van der Waals surface area (Å²) in [6.07, 6.45) is 2.08. The second-order valence-corrected chi connectivity index (χ2v) is 9.59. The highest BCUT2D eigenvalue weighted by atomic mass is 32.2. The Morgan fingerprint density at radius 3 is 2.35 bits per heavy atom. The lowest BCUT2D eigenvalue weighted by atomic mass is 10.1. The third-order valence-corrected chi connectivity index (χ3v) is 5.60. The van der Waals surface area contributed by atoms with Crippen molar-refractivity contribution in [1.29, 1.82) is 0 Å². The Labute approximate surface area is 184 Å². The molecule has 3 aromatic rings. The number of ether oxygens (including phenoxy) is 1. The second-order valence-electron chi connectivity index (χ2n) is 7.45. The van der Waals surface area contributed by atoms with Crippen LogP contribution in [0.3, 0.4) is 0 Å². The third kappa shape index (κ3) is 7.61. The van der Waals surface area contributed by atoms with Crippen LogP contribution >= 0.6 is 0 Å². The van der Waals surface area contributed by atoms with Crippen LogP contribution in [0.2, 0.25) is 0 Å². The highest BCUT2D eigenvalue weighted by molar-refractivity contribution is 7.89. The van der Waals surface area contributed by atoms with Gasteiger partial charge < -0.3 is 15.4 Å². The highest BCUT2D eigenvalue weighted by Crippen LogP contribution is 2.20. The number of fused-ring (bicyclic) bond motifs is 1. The van der Waals surface area contributed by atoms with Crippen LogP contribution in [0, 0.1) is 0 Å². The summed E-state index contributed by atoms with van der Waals surface area (Å²) in [4.78, 5) is 4.23. The van der Waals surface area contributed by atoms with E-state index in [1.54, 1.807) is 7.05 Å². The van der Waals surface area contributed by atoms with Crippen molar-refractivity contribution in [3.05, 3.63) is 77.9 Å². The first-order valence-corrected chi connectivity index (χ1v) is 12.3. The predicted octanol–water partition coefficient (Wildman–Crippen LogP) is 3.52. The summed E-state index contributed by atoms with van der Waals surface area (Å²) in [5.74, 6) is 1.65. The number of benzene rings is 3. The summed E-state index contributed by atoms with van der Waals surface area (Å²) in [5.41, 5.74) is 1.85. The summed E-state index contributed by atoms with van der Waals surface area (Å²) in [6.45, 7) is 1.96. The van der Waals surface area contributed by atoms with Crippen LogP contribution in [0.5, 0.6) is 5.75 Å². The van der Waals surface area contributed by atoms with Crippen molar-refractivity contribution >= 4 is 26.6 Å². The van der Waals surface area contributed by atoms with E-state index in [1.165, 1.54) is 17.0 Å². The molecule has 0 radical (unpaired) electrons. The van der Waals surface area contributed by atoms with Gasteiger partial charge in [-0.25, -0.2) is 8.42 Å². The summed E-state index contributed by atoms with van der Waals surface area (Å²) < 4.78 is 28.6. The summed E-state index contributed by atoms with van der Waals surface area (Å²) in [7, 11) is -1.29. The lowest BCUT2D eigenvalue weighted by Gasteiger charge is -2.13. The molecule has 0 bridgehead atoms. The maximum Gasteiger partial charge on any atom is 0.191 e. The first-order valence-electron chi connectivity index (χ1n) is 10.2. The smallest absolute Gasteiger partial charge is 0.191 e. The van der Waals surface area contributed by atoms with E-state index in [9.17, 15) is 8.42 Å². The molecule has 6 nitrogen and oxygen atoms in total. The second kappa shape index (κ2) is 10.8. The lowest BCUT2D eigenvalue weighted by molar-refractivity contribution is 0.311. The Hall–Kier alpha value is -3.06. The quantitative estimate of drug-likeness (QED) is 0.303. The molecule has 0 fully saturated rings. The number of nitrogens with one attached hydrogen (secondary N) is 2. The van der Waals surface area contributed by atoms with Gasteiger partial charge in [-0.1, -0.05) is 54.6 Å². The van der Waals surface area contributed by atoms with Gasteiger partial charge in [-0.3, -0.25) is 4.99 Å². The zero-order valence-corrected chi connectivity index (χ0v) is 18.8. The number of aliphatic imine (C=N–C) groups is 1. The molecule has 2 N–H and O–H groups in total. The van der Waals surface area contributed by atoms with Crippen LogP contribution in [0.15, 0.2) is 71.7 Å². The average molecular weight is 440 g/mol. The number of guanidine groups is 1. The van der Waals surface area contributed by atoms with E-state index in [2.05, 4.69) is 39.9 Å². The van der Waals surface area contributed by atoms with Gasteiger partial charge in [-0.05, 0) is 40.5 Å². The Bertz CT molecular complexity index is 1130. The minimum atomic E-state index is -3.02. The molecule has 0 atom stereocenters. The van der Waals surface area contributed by atoms with Gasteiger partial charge in [-0.15, -0.1) is 0 Å². The van der Waals surface area contributed by atoms with Gasteiger partial charge in [0, 0.05) is 26.4 Å². The van der Waals surface area contributed by atoms with Crippen molar-refractivity contribution in [3.63, 3.8) is 0 Å². The molecule has 0 heterocycles. The standard InChI is InChI=1S/C24H29N3O3S/c1-25-24(27-17-19-8-10-20(11-9-19)18-31(2,28)29)26-14-5-15-30-23-13-12-21-6-3-4-7-22(21)16-23/h3-4,6-13,16H,5,14-15,17-18H2,1-2H3,(H2,25,26,27). The molecular weight excluding hydrogens is 410 g/mol. The van der Waals surface area contributed by atoms with Crippen molar-refractivity contribution in [2.75, 3.05) is 26.5 Å². The number of rotatable bonds is 9. The minimum absolute atomic E-state index is 0.0607. The monoisotopic (exact) mass is 439 g/mol. The molecule has 164 valence electrons. The van der Waals surface area contributed by atoms with Crippen LogP contribution in [0.1, 0.15) is 17.5 Å². The normalized spacial score (nSPS) is 12.0. The Morgan fingerprint density at radius 1 is 0.935 bits per heavy atom. The summed E-state index contributed by atoms with van der Waals surface area (Å²) in [6, 6.07) is 21.9. The van der Waals surface area contributed by atoms with Crippen LogP contribution < -0.4 is 15.4 Å². The van der Waals surface area contributed by atoms with Crippen LogP contribution in [-0.2, 0) is 22.1 Å². The molecule has 7 heteroatoms. The first-order chi connectivity index (χ1) is 14.9. The van der Waals surface area contributed by atoms with Gasteiger partial charge in [0.25, 0.3) is 0 Å². The molecule has 0 saturated heterocycles. The molecule has 3 aromatic carbocycles. The molecule has 0 aliphatic heterocycles. The van der Waals surface area contributed by atoms with E-state index in [1.807, 2.05) is 42.5 Å². The van der Waals surface area contributed by atoms with Crippen LogP contribution in [0.25, 0.3) is 10.8 Å². The van der Waals surface area contributed by atoms with Crippen molar-refractivity contribution in [3.8, 4) is 5.75 Å². The lowest BCUT2D eigenvalue weighted by Crippen LogP contribution is -2.37. The van der Waals surface area contributed by atoms with E-state index in [-0.39, 0.29) is 5.75 Å². The van der Waals surface area contributed by atoms with Crippen LogP contribution in [-0.4, -0.2) is 40.8 Å². The number of hydrogen-bond acceptors (Lipinski definition) is 4. The Morgan fingerprint density at radius 2 is 1.65 bits per heavy atom. The predicted molar refractivity (Wildman–Crippen MR) is 127 cm³/mol. The van der Waals surface area contributed by atoms with Crippen molar-refractivity contribution in [2.24, 2.45) is 4.99 Å². The fourth-order valence-corrected chi connectivity index (χ4v) is 3.99. The van der Waals surface area contributed by atoms with Gasteiger partial charge >= 0.3 is 0 Å². The van der Waals surface area contributed by atoms with E-state index in [0.717, 1.165) is 29.8 Å². The van der Waals surface area contributed by atoms with Gasteiger partial charge in [0.05, 0.1) is 12.4 Å². The SMILES string of the molecule is CN=C(NCCCOc1ccc2ccccc2c1)NCc1ccc(CS(C)(=O)=O)cc1. The molecule has 3 rings (SSSR count). The Balaban J connectivity index is 1.37. The van der Waals surface area contributed by atoms with E-state index < -0.39 is 9.84 Å². The van der Waals surface area contributed by atoms with E-state index in [0.29, 0.717) is 19.1 Å². The Kier molecular flexibility index (Phi) is 7.89. The molecule has 0 aliphatic carbocycles. The number of sulfone groups is 1. The molecule has 0 saturated carbocycles.